The Morgan fingerprint density at radius 2 is 2.20 bits per heavy atom. The Kier molecular flexibility index (Phi) is 4.29. The summed E-state index contributed by atoms with van der Waals surface area (Å²) in [6, 6.07) is 0.491. The normalized spacial score (nSPS) is 15.6. The van der Waals surface area contributed by atoms with Crippen molar-refractivity contribution in [1.29, 1.82) is 0 Å². The van der Waals surface area contributed by atoms with Gasteiger partial charge in [-0.3, -0.25) is 0 Å². The molecule has 1 aromatic rings. The largest absolute Gasteiger partial charge is 0.303 e. The molecule has 1 aromatic heterocycles. The second-order valence-corrected chi connectivity index (χ2v) is 5.53. The van der Waals surface area contributed by atoms with Crippen LogP contribution in [0.25, 0.3) is 0 Å². The predicted octanol–water partition coefficient (Wildman–Crippen LogP) is 3.46. The Balaban J connectivity index is 2.89. The van der Waals surface area contributed by atoms with E-state index in [1.807, 2.05) is 0 Å². The number of nitrogens with zero attached hydrogens (tertiary/aromatic N) is 1. The highest BCUT2D eigenvalue weighted by Crippen LogP contribution is 2.29. The van der Waals surface area contributed by atoms with E-state index in [-0.39, 0.29) is 5.54 Å². The molecule has 0 aromatic carbocycles. The van der Waals surface area contributed by atoms with Gasteiger partial charge >= 0.3 is 0 Å². The number of aromatic nitrogens is 1. The lowest BCUT2D eigenvalue weighted by Gasteiger charge is -2.31. The highest BCUT2D eigenvalue weighted by Gasteiger charge is 2.28. The average Bonchev–Trinajstić information content (AvgIpc) is 2.51. The fraction of sp³-hybridized carbons (Fsp3) is 0.750. The third-order valence-electron chi connectivity index (χ3n) is 2.45. The van der Waals surface area contributed by atoms with Gasteiger partial charge in [-0.15, -0.1) is 11.3 Å². The summed E-state index contributed by atoms with van der Waals surface area (Å²) in [6.45, 7) is 10.9. The number of nitrogens with one attached hydrogen (secondary N) is 1. The van der Waals surface area contributed by atoms with Crippen LogP contribution in [0.5, 0.6) is 0 Å². The standard InChI is InChI=1S/C12H22N2S/c1-6-7-12(5,14-9(2)3)11-13-10(4)8-15-11/h8-9,14H,6-7H2,1-5H3. The molecule has 0 saturated carbocycles. The van der Waals surface area contributed by atoms with Crippen LogP contribution < -0.4 is 5.32 Å². The second-order valence-electron chi connectivity index (χ2n) is 4.68. The van der Waals surface area contributed by atoms with E-state index < -0.39 is 0 Å². The maximum absolute atomic E-state index is 4.61. The van der Waals surface area contributed by atoms with Crippen molar-refractivity contribution in [2.24, 2.45) is 0 Å². The lowest BCUT2D eigenvalue weighted by atomic mass is 9.96. The van der Waals surface area contributed by atoms with Gasteiger partial charge in [0.25, 0.3) is 0 Å². The summed E-state index contributed by atoms with van der Waals surface area (Å²) in [5.41, 5.74) is 1.17. The third kappa shape index (κ3) is 3.28. The molecule has 0 aliphatic heterocycles. The molecule has 0 radical (unpaired) electrons. The zero-order valence-corrected chi connectivity index (χ0v) is 11.2. The van der Waals surface area contributed by atoms with Gasteiger partial charge in [-0.25, -0.2) is 4.98 Å². The number of hydrogen-bond donors (Lipinski definition) is 1. The van der Waals surface area contributed by atoms with Crippen molar-refractivity contribution < 1.29 is 0 Å². The van der Waals surface area contributed by atoms with Crippen LogP contribution in [-0.2, 0) is 5.54 Å². The van der Waals surface area contributed by atoms with Crippen LogP contribution >= 0.6 is 11.3 Å². The van der Waals surface area contributed by atoms with Gasteiger partial charge in [-0.2, -0.15) is 0 Å². The van der Waals surface area contributed by atoms with E-state index in [0.717, 1.165) is 12.1 Å². The maximum Gasteiger partial charge on any atom is 0.113 e. The quantitative estimate of drug-likeness (QED) is 0.831. The van der Waals surface area contributed by atoms with Crippen molar-refractivity contribution in [3.63, 3.8) is 0 Å². The van der Waals surface area contributed by atoms with E-state index in [4.69, 9.17) is 0 Å². The molecule has 3 heteroatoms. The maximum atomic E-state index is 4.61. The zero-order chi connectivity index (χ0) is 11.5. The van der Waals surface area contributed by atoms with Crippen molar-refractivity contribution in [2.45, 2.75) is 59.0 Å². The first kappa shape index (κ1) is 12.7. The molecule has 0 aliphatic carbocycles. The third-order valence-corrected chi connectivity index (χ3v) is 3.67. The smallest absolute Gasteiger partial charge is 0.113 e. The SMILES string of the molecule is CCCC(C)(NC(C)C)c1nc(C)cs1. The number of aryl methyl sites for hydroxylation is 1. The van der Waals surface area contributed by atoms with Crippen LogP contribution in [0.1, 0.15) is 51.2 Å². The van der Waals surface area contributed by atoms with E-state index in [1.54, 1.807) is 11.3 Å². The summed E-state index contributed by atoms with van der Waals surface area (Å²) >= 11 is 1.76. The molecule has 1 rings (SSSR count). The van der Waals surface area contributed by atoms with Crippen LogP contribution in [0, 0.1) is 6.92 Å². The molecule has 1 unspecified atom stereocenters. The fourth-order valence-corrected chi connectivity index (χ4v) is 2.94. The molecule has 0 saturated heterocycles. The lowest BCUT2D eigenvalue weighted by molar-refractivity contribution is 0.307. The molecule has 0 amide bonds. The molecular formula is C12H22N2S. The van der Waals surface area contributed by atoms with Crippen molar-refractivity contribution >= 4 is 11.3 Å². The van der Waals surface area contributed by atoms with Gasteiger partial charge in [0.05, 0.1) is 5.54 Å². The minimum atomic E-state index is 0.0435. The summed E-state index contributed by atoms with van der Waals surface area (Å²) in [4.78, 5) is 4.61. The summed E-state index contributed by atoms with van der Waals surface area (Å²) in [6.07, 6.45) is 2.31. The summed E-state index contributed by atoms with van der Waals surface area (Å²) in [5, 5.41) is 6.98. The van der Waals surface area contributed by atoms with Crippen molar-refractivity contribution in [1.82, 2.24) is 10.3 Å². The molecule has 0 aliphatic rings. The average molecular weight is 226 g/mol. The Labute approximate surface area is 97.1 Å². The Bertz CT molecular complexity index is 306. The first-order valence-electron chi connectivity index (χ1n) is 5.68. The highest BCUT2D eigenvalue weighted by atomic mass is 32.1. The summed E-state index contributed by atoms with van der Waals surface area (Å²) in [7, 11) is 0. The topological polar surface area (TPSA) is 24.9 Å². The molecule has 2 nitrogen and oxygen atoms in total. The van der Waals surface area contributed by atoms with Crippen LogP contribution in [0.2, 0.25) is 0 Å². The fourth-order valence-electron chi connectivity index (χ4n) is 1.99. The Hall–Kier alpha value is -0.410. The molecule has 86 valence electrons. The minimum Gasteiger partial charge on any atom is -0.303 e. The van der Waals surface area contributed by atoms with Gasteiger partial charge in [0.1, 0.15) is 5.01 Å². The number of rotatable bonds is 5. The van der Waals surface area contributed by atoms with Crippen LogP contribution in [0.4, 0.5) is 0 Å². The van der Waals surface area contributed by atoms with E-state index in [9.17, 15) is 0 Å². The Morgan fingerprint density at radius 1 is 1.53 bits per heavy atom. The van der Waals surface area contributed by atoms with Gasteiger partial charge in [0.15, 0.2) is 0 Å². The molecular weight excluding hydrogens is 204 g/mol. The van der Waals surface area contributed by atoms with Crippen molar-refractivity contribution in [3.05, 3.63) is 16.1 Å². The highest BCUT2D eigenvalue weighted by molar-refractivity contribution is 7.09. The van der Waals surface area contributed by atoms with E-state index in [1.165, 1.54) is 11.4 Å². The second kappa shape index (κ2) is 5.08. The van der Waals surface area contributed by atoms with E-state index >= 15 is 0 Å². The number of thiazole rings is 1. The van der Waals surface area contributed by atoms with Gasteiger partial charge in [0.2, 0.25) is 0 Å². The predicted molar refractivity (Wildman–Crippen MR) is 67.4 cm³/mol. The summed E-state index contributed by atoms with van der Waals surface area (Å²) in [5.74, 6) is 0. The van der Waals surface area contributed by atoms with Gasteiger partial charge in [0, 0.05) is 17.1 Å². The first-order chi connectivity index (χ1) is 6.98. The molecule has 15 heavy (non-hydrogen) atoms. The van der Waals surface area contributed by atoms with Gasteiger partial charge < -0.3 is 5.32 Å². The monoisotopic (exact) mass is 226 g/mol. The van der Waals surface area contributed by atoms with E-state index in [0.29, 0.717) is 6.04 Å². The first-order valence-corrected chi connectivity index (χ1v) is 6.56. The zero-order valence-electron chi connectivity index (χ0n) is 10.4. The van der Waals surface area contributed by atoms with Crippen molar-refractivity contribution in [2.75, 3.05) is 0 Å². The molecule has 1 heterocycles. The molecule has 0 bridgehead atoms. The van der Waals surface area contributed by atoms with Crippen molar-refractivity contribution in [3.8, 4) is 0 Å². The minimum absolute atomic E-state index is 0.0435. The van der Waals surface area contributed by atoms with Crippen LogP contribution in [0.3, 0.4) is 0 Å². The number of hydrogen-bond acceptors (Lipinski definition) is 3. The summed E-state index contributed by atoms with van der Waals surface area (Å²) < 4.78 is 0. The lowest BCUT2D eigenvalue weighted by Crippen LogP contribution is -2.43. The molecule has 1 N–H and O–H groups in total. The Morgan fingerprint density at radius 3 is 2.60 bits per heavy atom. The van der Waals surface area contributed by atoms with Crippen LogP contribution in [0.15, 0.2) is 5.38 Å². The molecule has 1 atom stereocenters. The van der Waals surface area contributed by atoms with E-state index in [2.05, 4.69) is 50.3 Å². The molecule has 0 spiro atoms. The van der Waals surface area contributed by atoms with Gasteiger partial charge in [-0.1, -0.05) is 13.3 Å². The van der Waals surface area contributed by atoms with Crippen LogP contribution in [-0.4, -0.2) is 11.0 Å². The molecule has 0 fully saturated rings. The van der Waals surface area contributed by atoms with Gasteiger partial charge in [-0.05, 0) is 34.1 Å².